The molecule has 0 aliphatic heterocycles. The highest BCUT2D eigenvalue weighted by atomic mass is 35.5. The molecule has 8 heteroatoms. The van der Waals surface area contributed by atoms with Crippen LogP contribution in [0.1, 0.15) is 24.8 Å². The molecule has 0 saturated heterocycles. The Balaban J connectivity index is 1.57. The normalized spacial score (nSPS) is 14.0. The van der Waals surface area contributed by atoms with E-state index in [1.165, 1.54) is 7.11 Å². The fourth-order valence-electron chi connectivity index (χ4n) is 2.57. The largest absolute Gasteiger partial charge is 0.495 e. The molecular formula is C19H21ClN2O4S. The highest BCUT2D eigenvalue weighted by molar-refractivity contribution is 7.89. The second kappa shape index (κ2) is 8.29. The molecular weight excluding hydrogens is 388 g/mol. The summed E-state index contributed by atoms with van der Waals surface area (Å²) in [4.78, 5) is 12.4. The Labute approximate surface area is 163 Å². The fraction of sp³-hybridized carbons (Fsp3) is 0.316. The van der Waals surface area contributed by atoms with Crippen LogP contribution in [0.3, 0.4) is 0 Å². The summed E-state index contributed by atoms with van der Waals surface area (Å²) < 4.78 is 32.2. The summed E-state index contributed by atoms with van der Waals surface area (Å²) in [6, 6.07) is 11.7. The number of sulfonamides is 1. The highest BCUT2D eigenvalue weighted by Gasteiger charge is 2.27. The van der Waals surface area contributed by atoms with Crippen LogP contribution in [0.4, 0.5) is 5.69 Å². The number of rotatable bonds is 8. The average molecular weight is 409 g/mol. The van der Waals surface area contributed by atoms with Crippen LogP contribution in [-0.2, 0) is 21.2 Å². The molecule has 144 valence electrons. The van der Waals surface area contributed by atoms with E-state index >= 15 is 0 Å². The van der Waals surface area contributed by atoms with E-state index < -0.39 is 10.0 Å². The Morgan fingerprint density at radius 3 is 2.52 bits per heavy atom. The Morgan fingerprint density at radius 1 is 1.19 bits per heavy atom. The zero-order valence-electron chi connectivity index (χ0n) is 14.9. The first-order chi connectivity index (χ1) is 12.9. The molecule has 1 saturated carbocycles. The molecule has 0 spiro atoms. The van der Waals surface area contributed by atoms with Gasteiger partial charge in [0.2, 0.25) is 15.9 Å². The lowest BCUT2D eigenvalue weighted by Crippen LogP contribution is -2.25. The van der Waals surface area contributed by atoms with Gasteiger partial charge in [-0.3, -0.25) is 4.79 Å². The van der Waals surface area contributed by atoms with Gasteiger partial charge in [0.1, 0.15) is 5.75 Å². The molecule has 1 fully saturated rings. The number of methoxy groups -OCH3 is 1. The minimum atomic E-state index is -3.45. The van der Waals surface area contributed by atoms with Crippen molar-refractivity contribution in [1.29, 1.82) is 0 Å². The van der Waals surface area contributed by atoms with Gasteiger partial charge in [-0.25, -0.2) is 13.1 Å². The van der Waals surface area contributed by atoms with Crippen molar-refractivity contribution in [2.24, 2.45) is 0 Å². The number of halogens is 1. The van der Waals surface area contributed by atoms with Gasteiger partial charge in [0.15, 0.2) is 0 Å². The summed E-state index contributed by atoms with van der Waals surface area (Å²) in [5.74, 6) is 0.355. The number of benzene rings is 2. The van der Waals surface area contributed by atoms with Crippen LogP contribution in [-0.4, -0.2) is 27.5 Å². The maximum atomic E-state index is 12.2. The van der Waals surface area contributed by atoms with Crippen molar-refractivity contribution in [3.63, 3.8) is 0 Å². The first-order valence-corrected chi connectivity index (χ1v) is 10.5. The molecule has 3 rings (SSSR count). The maximum Gasteiger partial charge on any atom is 0.240 e. The topological polar surface area (TPSA) is 84.5 Å². The number of nitrogens with one attached hydrogen (secondary N) is 2. The van der Waals surface area contributed by atoms with Crippen molar-refractivity contribution in [2.75, 3.05) is 12.4 Å². The summed E-state index contributed by atoms with van der Waals surface area (Å²) in [5, 5.41) is 3.28. The van der Waals surface area contributed by atoms with Gasteiger partial charge in [0.05, 0.1) is 17.7 Å². The number of amides is 1. The summed E-state index contributed by atoms with van der Waals surface area (Å²) in [7, 11) is -1.93. The standard InChI is InChI=1S/C19H21ClN2O4S/c1-26-18-10-5-14(20)12-17(18)21-19(23)11-4-13-2-8-16(9-3-13)27(24,25)22-15-6-7-15/h2-3,5,8-10,12,15,22H,4,6-7,11H2,1H3,(H,21,23). The van der Waals surface area contributed by atoms with Gasteiger partial charge >= 0.3 is 0 Å². The zero-order valence-corrected chi connectivity index (χ0v) is 16.4. The SMILES string of the molecule is COc1ccc(Cl)cc1NC(=O)CCc1ccc(S(=O)(=O)NC2CC2)cc1. The van der Waals surface area contributed by atoms with E-state index in [2.05, 4.69) is 10.0 Å². The number of carbonyl (C=O) groups is 1. The van der Waals surface area contributed by atoms with Crippen molar-refractivity contribution in [3.8, 4) is 5.75 Å². The highest BCUT2D eigenvalue weighted by Crippen LogP contribution is 2.28. The van der Waals surface area contributed by atoms with Gasteiger partial charge < -0.3 is 10.1 Å². The molecule has 0 radical (unpaired) electrons. The molecule has 2 aromatic rings. The molecule has 1 aliphatic carbocycles. The Morgan fingerprint density at radius 2 is 1.89 bits per heavy atom. The van der Waals surface area contributed by atoms with Crippen molar-refractivity contribution in [3.05, 3.63) is 53.1 Å². The zero-order chi connectivity index (χ0) is 19.4. The van der Waals surface area contributed by atoms with Gasteiger partial charge in [-0.1, -0.05) is 23.7 Å². The van der Waals surface area contributed by atoms with Crippen LogP contribution < -0.4 is 14.8 Å². The lowest BCUT2D eigenvalue weighted by molar-refractivity contribution is -0.116. The van der Waals surface area contributed by atoms with Crippen LogP contribution in [0.25, 0.3) is 0 Å². The first kappa shape index (κ1) is 19.7. The molecule has 6 nitrogen and oxygen atoms in total. The third kappa shape index (κ3) is 5.45. The smallest absolute Gasteiger partial charge is 0.240 e. The van der Waals surface area contributed by atoms with E-state index in [-0.39, 0.29) is 23.3 Å². The summed E-state index contributed by atoms with van der Waals surface area (Å²) in [5.41, 5.74) is 1.40. The van der Waals surface area contributed by atoms with Gasteiger partial charge in [-0.15, -0.1) is 0 Å². The first-order valence-electron chi connectivity index (χ1n) is 8.62. The molecule has 27 heavy (non-hydrogen) atoms. The van der Waals surface area contributed by atoms with E-state index in [9.17, 15) is 13.2 Å². The molecule has 2 aromatic carbocycles. The molecule has 0 aromatic heterocycles. The van der Waals surface area contributed by atoms with E-state index in [0.29, 0.717) is 22.9 Å². The van der Waals surface area contributed by atoms with E-state index in [4.69, 9.17) is 16.3 Å². The van der Waals surface area contributed by atoms with Crippen molar-refractivity contribution >= 4 is 33.2 Å². The van der Waals surface area contributed by atoms with Crippen molar-refractivity contribution in [1.82, 2.24) is 4.72 Å². The van der Waals surface area contributed by atoms with Crippen LogP contribution in [0, 0.1) is 0 Å². The van der Waals surface area contributed by atoms with Crippen LogP contribution in [0.2, 0.25) is 5.02 Å². The number of anilines is 1. The Kier molecular flexibility index (Phi) is 6.04. The molecule has 2 N–H and O–H groups in total. The van der Waals surface area contributed by atoms with E-state index in [1.54, 1.807) is 42.5 Å². The minimum Gasteiger partial charge on any atom is -0.495 e. The summed E-state index contributed by atoms with van der Waals surface area (Å²) >= 11 is 5.96. The third-order valence-electron chi connectivity index (χ3n) is 4.21. The molecule has 0 heterocycles. The van der Waals surface area contributed by atoms with Gasteiger partial charge in [-0.05, 0) is 55.2 Å². The number of carbonyl (C=O) groups excluding carboxylic acids is 1. The van der Waals surface area contributed by atoms with Gasteiger partial charge in [0, 0.05) is 17.5 Å². The van der Waals surface area contributed by atoms with Gasteiger partial charge in [-0.2, -0.15) is 0 Å². The van der Waals surface area contributed by atoms with Crippen molar-refractivity contribution in [2.45, 2.75) is 36.6 Å². The Hall–Kier alpha value is -2.09. The number of hydrogen-bond donors (Lipinski definition) is 2. The number of ether oxygens (including phenoxy) is 1. The molecule has 1 amide bonds. The molecule has 0 bridgehead atoms. The van der Waals surface area contributed by atoms with Crippen LogP contribution in [0.5, 0.6) is 5.75 Å². The lowest BCUT2D eigenvalue weighted by Gasteiger charge is -2.11. The second-order valence-electron chi connectivity index (χ2n) is 6.43. The second-order valence-corrected chi connectivity index (χ2v) is 8.58. The molecule has 1 aliphatic rings. The number of hydrogen-bond acceptors (Lipinski definition) is 4. The van der Waals surface area contributed by atoms with Crippen molar-refractivity contribution < 1.29 is 17.9 Å². The summed E-state index contributed by atoms with van der Waals surface area (Å²) in [6.07, 6.45) is 2.53. The lowest BCUT2D eigenvalue weighted by atomic mass is 10.1. The van der Waals surface area contributed by atoms with E-state index in [0.717, 1.165) is 18.4 Å². The summed E-state index contributed by atoms with van der Waals surface area (Å²) in [6.45, 7) is 0. The predicted molar refractivity (Wildman–Crippen MR) is 105 cm³/mol. The average Bonchev–Trinajstić information content (AvgIpc) is 3.44. The van der Waals surface area contributed by atoms with E-state index in [1.807, 2.05) is 0 Å². The Bertz CT molecular complexity index is 925. The third-order valence-corrected chi connectivity index (χ3v) is 5.98. The predicted octanol–water partition coefficient (Wildman–Crippen LogP) is 3.36. The number of aryl methyl sites for hydroxylation is 1. The minimum absolute atomic E-state index is 0.0712. The van der Waals surface area contributed by atoms with Crippen LogP contribution in [0.15, 0.2) is 47.4 Å². The van der Waals surface area contributed by atoms with Crippen LogP contribution >= 0.6 is 11.6 Å². The quantitative estimate of drug-likeness (QED) is 0.701. The maximum absolute atomic E-state index is 12.2. The monoisotopic (exact) mass is 408 g/mol. The van der Waals surface area contributed by atoms with Gasteiger partial charge in [0.25, 0.3) is 0 Å². The fourth-order valence-corrected chi connectivity index (χ4v) is 4.05. The molecule has 0 atom stereocenters. The molecule has 0 unspecified atom stereocenters.